The van der Waals surface area contributed by atoms with Crippen molar-refractivity contribution in [3.63, 3.8) is 0 Å². The molecule has 2 aliphatic rings. The Morgan fingerprint density at radius 3 is 2.57 bits per heavy atom. The van der Waals surface area contributed by atoms with Gasteiger partial charge in [-0.05, 0) is 5.56 Å². The highest BCUT2D eigenvalue weighted by Crippen LogP contribution is 2.39. The predicted octanol–water partition coefficient (Wildman–Crippen LogP) is 2.13. The maximum Gasteiger partial charge on any atom is 0.0867 e. The van der Waals surface area contributed by atoms with Gasteiger partial charge in [0.1, 0.15) is 0 Å². The van der Waals surface area contributed by atoms with Crippen molar-refractivity contribution < 1.29 is 9.47 Å². The Hall–Kier alpha value is -0.860. The Bertz CT molecular complexity index is 299. The lowest BCUT2D eigenvalue weighted by Gasteiger charge is -2.12. The number of fused-ring (bicyclic) bond motifs is 1. The van der Waals surface area contributed by atoms with E-state index < -0.39 is 0 Å². The van der Waals surface area contributed by atoms with E-state index >= 15 is 0 Å². The fraction of sp³-hybridized carbons (Fsp3) is 0.500. The minimum atomic E-state index is 0.430. The van der Waals surface area contributed by atoms with Crippen molar-refractivity contribution in [2.24, 2.45) is 0 Å². The standard InChI is InChI=1S/C12H14O2/c1-2-4-9(5-3-1)8-13-10-6-11-12(7-10)14-11/h1-5,10-12H,6-8H2/t10-,11-,12+. The van der Waals surface area contributed by atoms with Crippen LogP contribution in [0.4, 0.5) is 0 Å². The SMILES string of the molecule is c1ccc(CO[C@H]2C[C@@H]3O[C@@H]3C2)cc1. The summed E-state index contributed by atoms with van der Waals surface area (Å²) in [6.07, 6.45) is 3.67. The first-order chi connectivity index (χ1) is 6.92. The van der Waals surface area contributed by atoms with Crippen LogP contribution in [0.25, 0.3) is 0 Å². The quantitative estimate of drug-likeness (QED) is 0.681. The van der Waals surface area contributed by atoms with Crippen LogP contribution < -0.4 is 0 Å². The lowest BCUT2D eigenvalue weighted by molar-refractivity contribution is 0.0221. The summed E-state index contributed by atoms with van der Waals surface area (Å²) >= 11 is 0. The molecule has 0 bridgehead atoms. The number of rotatable bonds is 3. The van der Waals surface area contributed by atoms with Crippen LogP contribution >= 0.6 is 0 Å². The molecule has 2 nitrogen and oxygen atoms in total. The molecule has 0 unspecified atom stereocenters. The van der Waals surface area contributed by atoms with E-state index in [2.05, 4.69) is 12.1 Å². The van der Waals surface area contributed by atoms with Crippen LogP contribution in [0.2, 0.25) is 0 Å². The van der Waals surface area contributed by atoms with Crippen LogP contribution in [0.3, 0.4) is 0 Å². The molecule has 1 heterocycles. The Labute approximate surface area is 83.8 Å². The van der Waals surface area contributed by atoms with E-state index in [1.54, 1.807) is 0 Å². The van der Waals surface area contributed by atoms with Gasteiger partial charge in [-0.15, -0.1) is 0 Å². The monoisotopic (exact) mass is 190 g/mol. The van der Waals surface area contributed by atoms with Gasteiger partial charge in [0.2, 0.25) is 0 Å². The van der Waals surface area contributed by atoms with Crippen molar-refractivity contribution in [1.82, 2.24) is 0 Å². The molecule has 3 atom stereocenters. The van der Waals surface area contributed by atoms with Gasteiger partial charge in [0, 0.05) is 12.8 Å². The zero-order chi connectivity index (χ0) is 9.38. The van der Waals surface area contributed by atoms with Crippen LogP contribution in [0, 0.1) is 0 Å². The van der Waals surface area contributed by atoms with Crippen molar-refractivity contribution in [3.05, 3.63) is 35.9 Å². The van der Waals surface area contributed by atoms with Gasteiger partial charge in [-0.25, -0.2) is 0 Å². The van der Waals surface area contributed by atoms with Gasteiger partial charge < -0.3 is 9.47 Å². The van der Waals surface area contributed by atoms with E-state index in [4.69, 9.17) is 9.47 Å². The third kappa shape index (κ3) is 1.68. The Morgan fingerprint density at radius 1 is 1.14 bits per heavy atom. The van der Waals surface area contributed by atoms with Crippen LogP contribution in [0.5, 0.6) is 0 Å². The number of benzene rings is 1. The molecule has 0 radical (unpaired) electrons. The van der Waals surface area contributed by atoms with Crippen molar-refractivity contribution in [2.75, 3.05) is 0 Å². The molecule has 1 aromatic carbocycles. The smallest absolute Gasteiger partial charge is 0.0867 e. The van der Waals surface area contributed by atoms with Crippen LogP contribution in [0.1, 0.15) is 18.4 Å². The average molecular weight is 190 g/mol. The van der Waals surface area contributed by atoms with Crippen molar-refractivity contribution in [1.29, 1.82) is 0 Å². The summed E-state index contributed by atoms with van der Waals surface area (Å²) in [6, 6.07) is 10.3. The van der Waals surface area contributed by atoms with E-state index in [0.29, 0.717) is 18.3 Å². The average Bonchev–Trinajstić information content (AvgIpc) is 2.85. The minimum absolute atomic E-state index is 0.430. The molecule has 1 saturated heterocycles. The molecule has 0 N–H and O–H groups in total. The lowest BCUT2D eigenvalue weighted by atomic mass is 10.2. The molecule has 0 spiro atoms. The molecule has 1 aliphatic carbocycles. The van der Waals surface area contributed by atoms with E-state index in [0.717, 1.165) is 19.4 Å². The van der Waals surface area contributed by atoms with Crippen LogP contribution in [-0.4, -0.2) is 18.3 Å². The van der Waals surface area contributed by atoms with Gasteiger partial charge in [-0.1, -0.05) is 30.3 Å². The molecule has 0 amide bonds. The van der Waals surface area contributed by atoms with Gasteiger partial charge in [-0.3, -0.25) is 0 Å². The number of hydrogen-bond donors (Lipinski definition) is 0. The molecular weight excluding hydrogens is 176 g/mol. The lowest BCUT2D eigenvalue weighted by Crippen LogP contribution is -2.11. The number of epoxide rings is 1. The minimum Gasteiger partial charge on any atom is -0.373 e. The molecule has 1 aromatic rings. The van der Waals surface area contributed by atoms with Gasteiger partial charge in [0.15, 0.2) is 0 Å². The third-order valence-electron chi connectivity index (χ3n) is 3.01. The molecule has 1 aliphatic heterocycles. The molecule has 2 heteroatoms. The Morgan fingerprint density at radius 2 is 1.86 bits per heavy atom. The highest BCUT2D eigenvalue weighted by atomic mass is 16.6. The van der Waals surface area contributed by atoms with Crippen molar-refractivity contribution in [2.45, 2.75) is 37.8 Å². The summed E-state index contributed by atoms with van der Waals surface area (Å²) in [4.78, 5) is 0. The maximum absolute atomic E-state index is 5.81. The van der Waals surface area contributed by atoms with Gasteiger partial charge in [0.25, 0.3) is 0 Å². The second-order valence-electron chi connectivity index (χ2n) is 4.10. The second kappa shape index (κ2) is 3.37. The Kier molecular flexibility index (Phi) is 2.03. The topological polar surface area (TPSA) is 21.8 Å². The summed E-state index contributed by atoms with van der Waals surface area (Å²) in [5.74, 6) is 0. The predicted molar refractivity (Wildman–Crippen MR) is 52.9 cm³/mol. The first-order valence-corrected chi connectivity index (χ1v) is 5.23. The molecule has 3 rings (SSSR count). The molecule has 2 fully saturated rings. The first kappa shape index (κ1) is 8.45. The van der Waals surface area contributed by atoms with E-state index in [9.17, 15) is 0 Å². The van der Waals surface area contributed by atoms with Crippen LogP contribution in [-0.2, 0) is 16.1 Å². The highest BCUT2D eigenvalue weighted by Gasteiger charge is 2.48. The molecule has 0 aromatic heterocycles. The number of ether oxygens (including phenoxy) is 2. The zero-order valence-corrected chi connectivity index (χ0v) is 8.06. The molecule has 74 valence electrons. The second-order valence-corrected chi connectivity index (χ2v) is 4.10. The van der Waals surface area contributed by atoms with Gasteiger partial charge in [0.05, 0.1) is 24.9 Å². The van der Waals surface area contributed by atoms with E-state index in [-0.39, 0.29) is 0 Å². The van der Waals surface area contributed by atoms with Gasteiger partial charge >= 0.3 is 0 Å². The molecule has 1 saturated carbocycles. The van der Waals surface area contributed by atoms with E-state index in [1.807, 2.05) is 18.2 Å². The summed E-state index contributed by atoms with van der Waals surface area (Å²) in [7, 11) is 0. The summed E-state index contributed by atoms with van der Waals surface area (Å²) in [5.41, 5.74) is 1.26. The third-order valence-corrected chi connectivity index (χ3v) is 3.01. The summed E-state index contributed by atoms with van der Waals surface area (Å²) in [5, 5.41) is 0. The zero-order valence-electron chi connectivity index (χ0n) is 8.06. The van der Waals surface area contributed by atoms with Crippen molar-refractivity contribution >= 4 is 0 Å². The van der Waals surface area contributed by atoms with Crippen molar-refractivity contribution in [3.8, 4) is 0 Å². The van der Waals surface area contributed by atoms with Crippen LogP contribution in [0.15, 0.2) is 30.3 Å². The Balaban J connectivity index is 1.50. The summed E-state index contributed by atoms with van der Waals surface area (Å²) < 4.78 is 11.2. The van der Waals surface area contributed by atoms with Gasteiger partial charge in [-0.2, -0.15) is 0 Å². The largest absolute Gasteiger partial charge is 0.373 e. The van der Waals surface area contributed by atoms with E-state index in [1.165, 1.54) is 5.56 Å². The fourth-order valence-electron chi connectivity index (χ4n) is 2.13. The first-order valence-electron chi connectivity index (χ1n) is 5.23. The maximum atomic E-state index is 5.81. The molecular formula is C12H14O2. The summed E-state index contributed by atoms with van der Waals surface area (Å²) in [6.45, 7) is 0.741. The normalized spacial score (nSPS) is 34.1. The molecule has 14 heavy (non-hydrogen) atoms. The number of hydrogen-bond acceptors (Lipinski definition) is 2. The highest BCUT2D eigenvalue weighted by molar-refractivity contribution is 5.13. The fourth-order valence-corrected chi connectivity index (χ4v) is 2.13.